The topological polar surface area (TPSA) is 102 Å². The molecule has 192 valence electrons. The summed E-state index contributed by atoms with van der Waals surface area (Å²) in [6.07, 6.45) is 4.84. The molecule has 2 bridgehead atoms. The Kier molecular flexibility index (Phi) is 5.05. The summed E-state index contributed by atoms with van der Waals surface area (Å²) in [7, 11) is 1.57. The number of rotatable bonds is 5. The largest absolute Gasteiger partial charge is 0.504 e. The summed E-state index contributed by atoms with van der Waals surface area (Å²) in [6.45, 7) is 6.12. The summed E-state index contributed by atoms with van der Waals surface area (Å²) in [5, 5.41) is 14.1. The number of unbranched alkanes of at least 4 members (excludes halogenated alkanes) is 1. The van der Waals surface area contributed by atoms with Crippen molar-refractivity contribution in [1.82, 2.24) is 5.32 Å². The second-order valence-electron chi connectivity index (χ2n) is 11.5. The first-order valence-electron chi connectivity index (χ1n) is 13.4. The first kappa shape index (κ1) is 23.7. The molecule has 2 spiro atoms. The van der Waals surface area contributed by atoms with Gasteiger partial charge in [-0.15, -0.1) is 0 Å². The Labute approximate surface area is 211 Å². The third-order valence-corrected chi connectivity index (χ3v) is 10.1. The van der Waals surface area contributed by atoms with E-state index in [0.29, 0.717) is 35.5 Å². The average molecular weight is 494 g/mol. The minimum absolute atomic E-state index is 0.0268. The predicted octanol–water partition coefficient (Wildman–Crippen LogP) is 4.35. The summed E-state index contributed by atoms with van der Waals surface area (Å²) in [4.78, 5) is 42.6. The van der Waals surface area contributed by atoms with Crippen LogP contribution in [0.25, 0.3) is 0 Å². The zero-order valence-corrected chi connectivity index (χ0v) is 21.5. The number of fused-ring (bicyclic) bond motifs is 1. The van der Waals surface area contributed by atoms with Crippen LogP contribution in [-0.4, -0.2) is 41.3 Å². The number of Topliss-reactive ketones (excluding diaryl/α,β-unsaturated/α-hetero) is 2. The first-order chi connectivity index (χ1) is 17.2. The molecular formula is C29H35NO6. The molecule has 2 aliphatic heterocycles. The Morgan fingerprint density at radius 1 is 1.22 bits per heavy atom. The number of aromatic hydroxyl groups is 1. The molecule has 1 aromatic carbocycles. The van der Waals surface area contributed by atoms with Gasteiger partial charge in [0.15, 0.2) is 23.1 Å². The van der Waals surface area contributed by atoms with Gasteiger partial charge in [-0.05, 0) is 56.2 Å². The molecule has 6 atom stereocenters. The lowest BCUT2D eigenvalue weighted by Gasteiger charge is -2.45. The molecule has 5 aliphatic rings. The number of carbonyl (C=O) groups is 3. The Balaban J connectivity index is 1.75. The zero-order valence-electron chi connectivity index (χ0n) is 21.5. The van der Waals surface area contributed by atoms with Gasteiger partial charge in [0.05, 0.1) is 10.8 Å². The van der Waals surface area contributed by atoms with Crippen molar-refractivity contribution >= 4 is 17.5 Å². The van der Waals surface area contributed by atoms with E-state index in [0.717, 1.165) is 37.7 Å². The minimum Gasteiger partial charge on any atom is -0.504 e. The summed E-state index contributed by atoms with van der Waals surface area (Å²) in [5.41, 5.74) is -1.08. The van der Waals surface area contributed by atoms with E-state index >= 15 is 0 Å². The number of hydrogen-bond donors (Lipinski definition) is 2. The maximum absolute atomic E-state index is 14.7. The molecule has 6 rings (SSSR count). The number of ether oxygens (including phenoxy) is 2. The highest BCUT2D eigenvalue weighted by Crippen LogP contribution is 2.76. The molecule has 2 N–H and O–H groups in total. The van der Waals surface area contributed by atoms with E-state index in [1.165, 1.54) is 6.07 Å². The van der Waals surface area contributed by atoms with Crippen molar-refractivity contribution in [3.63, 3.8) is 0 Å². The quantitative estimate of drug-likeness (QED) is 0.632. The molecule has 1 saturated carbocycles. The van der Waals surface area contributed by atoms with E-state index in [1.807, 2.05) is 6.92 Å². The van der Waals surface area contributed by atoms with Gasteiger partial charge < -0.3 is 19.9 Å². The number of phenols is 1. The van der Waals surface area contributed by atoms with Crippen LogP contribution in [0.1, 0.15) is 88.1 Å². The Bertz CT molecular complexity index is 1230. The first-order valence-corrected chi connectivity index (χ1v) is 13.4. The Morgan fingerprint density at radius 3 is 2.69 bits per heavy atom. The van der Waals surface area contributed by atoms with Gasteiger partial charge >= 0.3 is 0 Å². The molecule has 7 heteroatoms. The summed E-state index contributed by atoms with van der Waals surface area (Å²) < 4.78 is 12.4. The van der Waals surface area contributed by atoms with Crippen LogP contribution in [0.2, 0.25) is 0 Å². The monoisotopic (exact) mass is 493 g/mol. The normalized spacial score (nSPS) is 38.2. The van der Waals surface area contributed by atoms with Crippen LogP contribution in [0.15, 0.2) is 23.5 Å². The highest BCUT2D eigenvalue weighted by Gasteiger charge is 2.83. The molecule has 2 heterocycles. The van der Waals surface area contributed by atoms with Crippen LogP contribution in [0.3, 0.4) is 0 Å². The smallest absolute Gasteiger partial charge is 0.224 e. The predicted molar refractivity (Wildman–Crippen MR) is 132 cm³/mol. The van der Waals surface area contributed by atoms with Crippen molar-refractivity contribution in [2.24, 2.45) is 17.3 Å². The third kappa shape index (κ3) is 2.46. The van der Waals surface area contributed by atoms with E-state index in [2.05, 4.69) is 19.2 Å². The summed E-state index contributed by atoms with van der Waals surface area (Å²) >= 11 is 0. The number of allylic oxidation sites excluding steroid dienone is 2. The lowest BCUT2D eigenvalue weighted by Crippen LogP contribution is -2.54. The third-order valence-electron chi connectivity index (χ3n) is 10.1. The summed E-state index contributed by atoms with van der Waals surface area (Å²) in [5.74, 6) is -0.386. The highest BCUT2D eigenvalue weighted by molar-refractivity contribution is 6.14. The van der Waals surface area contributed by atoms with Crippen LogP contribution in [0.5, 0.6) is 11.5 Å². The second-order valence-corrected chi connectivity index (χ2v) is 11.5. The van der Waals surface area contributed by atoms with Crippen LogP contribution in [0.4, 0.5) is 0 Å². The van der Waals surface area contributed by atoms with Gasteiger partial charge in [0, 0.05) is 30.1 Å². The number of benzene rings is 1. The number of methoxy groups -OCH3 is 1. The van der Waals surface area contributed by atoms with Gasteiger partial charge in [0.2, 0.25) is 5.91 Å². The molecule has 1 saturated heterocycles. The molecule has 1 amide bonds. The van der Waals surface area contributed by atoms with Gasteiger partial charge in [-0.2, -0.15) is 0 Å². The second kappa shape index (κ2) is 7.67. The SMILES string of the molecule is CCCCC1C(=O)NC23CC45C(=C(CC)CCCC(OC)C(=O)C4(C)C12)Oc1c(O)ccc(c15)C3=O. The lowest BCUT2D eigenvalue weighted by atomic mass is 9.54. The Morgan fingerprint density at radius 2 is 2.00 bits per heavy atom. The maximum atomic E-state index is 14.7. The molecule has 7 nitrogen and oxygen atoms in total. The van der Waals surface area contributed by atoms with Crippen LogP contribution in [-0.2, 0) is 19.7 Å². The fraction of sp³-hybridized carbons (Fsp3) is 0.621. The van der Waals surface area contributed by atoms with Crippen LogP contribution < -0.4 is 10.1 Å². The molecule has 0 radical (unpaired) electrons. The number of ketones is 2. The summed E-state index contributed by atoms with van der Waals surface area (Å²) in [6, 6.07) is 3.15. The molecular weight excluding hydrogens is 458 g/mol. The van der Waals surface area contributed by atoms with Crippen LogP contribution in [0, 0.1) is 17.3 Å². The van der Waals surface area contributed by atoms with Gasteiger partial charge in [-0.3, -0.25) is 14.4 Å². The lowest BCUT2D eigenvalue weighted by molar-refractivity contribution is -0.146. The molecule has 1 aromatic rings. The molecule has 2 fully saturated rings. The number of phenolic OH excluding ortho intramolecular Hbond substituents is 1. The standard InChI is InChI=1S/C29H35NO6/c1-5-7-10-17-22-27(3)24(33)19(35-4)11-8-9-15(6-2)25-28(27)14-29(22,30-26(17)34)23(32)16-12-13-18(31)21(36-25)20(16)28/h12-13,17,19,22,31H,5-11,14H2,1-4H3,(H,30,34). The van der Waals surface area contributed by atoms with Gasteiger partial charge in [0.25, 0.3) is 0 Å². The number of amides is 1. The molecule has 0 aromatic heterocycles. The number of nitrogens with one attached hydrogen (secondary N) is 1. The van der Waals surface area contributed by atoms with E-state index in [4.69, 9.17) is 9.47 Å². The van der Waals surface area contributed by atoms with E-state index in [-0.39, 0.29) is 29.6 Å². The zero-order chi connectivity index (χ0) is 25.6. The molecule has 6 unspecified atom stereocenters. The fourth-order valence-corrected chi connectivity index (χ4v) is 8.68. The van der Waals surface area contributed by atoms with Gasteiger partial charge in [-0.25, -0.2) is 0 Å². The van der Waals surface area contributed by atoms with Gasteiger partial charge in [0.1, 0.15) is 17.4 Å². The molecule has 3 aliphatic carbocycles. The van der Waals surface area contributed by atoms with Crippen LogP contribution >= 0.6 is 0 Å². The van der Waals surface area contributed by atoms with Crippen molar-refractivity contribution in [2.75, 3.05) is 7.11 Å². The minimum atomic E-state index is -1.18. The average Bonchev–Trinajstić information content (AvgIpc) is 3.42. The molecule has 36 heavy (non-hydrogen) atoms. The Hall–Kier alpha value is -2.67. The fourth-order valence-electron chi connectivity index (χ4n) is 8.68. The number of hydrogen-bond acceptors (Lipinski definition) is 6. The van der Waals surface area contributed by atoms with Crippen molar-refractivity contribution in [2.45, 2.75) is 89.2 Å². The van der Waals surface area contributed by atoms with Crippen molar-refractivity contribution < 1.29 is 29.0 Å². The highest BCUT2D eigenvalue weighted by atomic mass is 16.5. The van der Waals surface area contributed by atoms with E-state index < -0.39 is 34.3 Å². The van der Waals surface area contributed by atoms with E-state index in [1.54, 1.807) is 13.2 Å². The van der Waals surface area contributed by atoms with Crippen molar-refractivity contribution in [1.29, 1.82) is 0 Å². The number of carbonyl (C=O) groups excluding carboxylic acids is 3. The van der Waals surface area contributed by atoms with E-state index in [9.17, 15) is 19.5 Å². The van der Waals surface area contributed by atoms with Gasteiger partial charge in [-0.1, -0.05) is 33.6 Å². The maximum Gasteiger partial charge on any atom is 0.224 e. The van der Waals surface area contributed by atoms with Crippen molar-refractivity contribution in [3.05, 3.63) is 34.6 Å². The van der Waals surface area contributed by atoms with Crippen molar-refractivity contribution in [3.8, 4) is 11.5 Å².